The number of hydrogen-bond donors (Lipinski definition) is 19. The van der Waals surface area contributed by atoms with E-state index in [4.69, 9.17) is 56.8 Å². The highest BCUT2D eigenvalue weighted by Gasteiger charge is 2.58. The second kappa shape index (κ2) is 24.0. The Hall–Kier alpha value is -1.24. The Bertz CT molecular complexity index is 1570. The number of hydrogen-bond acceptors (Lipinski definition) is 31. The van der Waals surface area contributed by atoms with E-state index >= 15 is 0 Å². The molecule has 0 saturated carbocycles. The molecule has 16 aliphatic heterocycles. The third kappa shape index (κ3) is 11.1. The van der Waals surface area contributed by atoms with Crippen molar-refractivity contribution < 1.29 is 149 Å². The first-order valence-electron chi connectivity index (χ1n) is 22.3. The van der Waals surface area contributed by atoms with Crippen LogP contribution in [-0.4, -0.2) is 329 Å². The van der Waals surface area contributed by atoms with Crippen molar-refractivity contribution in [3.63, 3.8) is 0 Å². The Balaban J connectivity index is 1.21. The molecule has 16 rings (SSSR count). The molecular weight excluding hydrogens is 950 g/mol. The van der Waals surface area contributed by atoms with Crippen molar-refractivity contribution in [3.8, 4) is 0 Å². The van der Waals surface area contributed by atoms with Crippen molar-refractivity contribution in [1.29, 1.82) is 0 Å². The van der Waals surface area contributed by atoms with E-state index in [0.717, 1.165) is 0 Å². The van der Waals surface area contributed by atoms with Crippen LogP contribution in [-0.2, 0) is 56.8 Å². The van der Waals surface area contributed by atoms with Crippen molar-refractivity contribution in [2.75, 3.05) is 52.8 Å². The molecule has 16 heterocycles. The van der Waals surface area contributed by atoms with E-state index < -0.39 is 230 Å². The van der Waals surface area contributed by atoms with Gasteiger partial charge in [-0.15, -0.1) is 0 Å². The molecule has 30 atom stereocenters. The van der Waals surface area contributed by atoms with E-state index in [-0.39, 0.29) is 6.54 Å². The maximum absolute atomic E-state index is 11.7. The van der Waals surface area contributed by atoms with Gasteiger partial charge in [0.05, 0.1) is 52.3 Å². The highest BCUT2D eigenvalue weighted by atomic mass is 16.8. The minimum atomic E-state index is -2.15. The molecule has 0 unspecified atom stereocenters. The second-order valence-corrected chi connectivity index (χ2v) is 17.6. The van der Waals surface area contributed by atoms with Gasteiger partial charge in [0.25, 0.3) is 0 Å². The van der Waals surface area contributed by atoms with Crippen LogP contribution in [0.4, 0.5) is 0 Å². The van der Waals surface area contributed by atoms with Gasteiger partial charge in [-0.05, 0) is 0 Å². The van der Waals surface area contributed by atoms with Crippen LogP contribution < -0.4 is 5.32 Å². The molecule has 402 valence electrons. The van der Waals surface area contributed by atoms with Gasteiger partial charge in [-0.1, -0.05) is 0 Å². The molecule has 0 aromatic heterocycles. The summed E-state index contributed by atoms with van der Waals surface area (Å²) in [6.07, 6.45) is -55.4. The predicted octanol–water partition coefficient (Wildman–Crippen LogP) is -13.5. The molecule has 16 saturated heterocycles. The first-order valence-corrected chi connectivity index (χ1v) is 22.3. The average Bonchev–Trinajstić information content (AvgIpc) is 3.34. The fourth-order valence-corrected chi connectivity index (χ4v) is 9.39. The van der Waals surface area contributed by atoms with Crippen molar-refractivity contribution in [2.24, 2.45) is 0 Å². The lowest BCUT2D eigenvalue weighted by Crippen LogP contribution is -2.70. The van der Waals surface area contributed by atoms with Crippen molar-refractivity contribution >= 4 is 0 Å². The molecule has 31 nitrogen and oxygen atoms in total. The minimum absolute atomic E-state index is 0.261. The van der Waals surface area contributed by atoms with E-state index in [1.807, 2.05) is 0 Å². The van der Waals surface area contributed by atoms with Gasteiger partial charge in [-0.3, -0.25) is 0 Å². The van der Waals surface area contributed by atoms with E-state index in [0.29, 0.717) is 0 Å². The number of nitrogens with one attached hydrogen (secondary N) is 1. The first-order chi connectivity index (χ1) is 33.0. The average molecular weight is 1020 g/mol. The standard InChI is InChI=1S/C38H65NO30/c40-2-1-39-15-16(47)27-9(3-41)58-33(15)64-28-10(4-42)59-35(22(53)17(28)48)66-30-12(6-44)61-37(24(55)19(30)50)68-32-14(8-46)63-38(26(57)21(32)52)69-31-13(7-45)62-36(25(56)20(31)51)67-29-11(5-43)60-34(65-27)23(54)18(29)49/h9-57H,1-8H2/t9-,10-,11-,12-,13-,14-,15-,16-,17-,18-,19-,20-,21-,22-,23-,24-,25-,26-,27-,28-,29-,30-,31-,32-,33-,34-,35-,36-,37-,38-/m1/s1. The molecule has 0 radical (unpaired) electrons. The van der Waals surface area contributed by atoms with E-state index in [1.54, 1.807) is 0 Å². The number of aliphatic hydroxyl groups is 18. The van der Waals surface area contributed by atoms with Gasteiger partial charge < -0.3 is 154 Å². The molecule has 0 amide bonds. The molecule has 69 heavy (non-hydrogen) atoms. The fourth-order valence-electron chi connectivity index (χ4n) is 9.39. The third-order valence-electron chi connectivity index (χ3n) is 13.2. The van der Waals surface area contributed by atoms with Crippen LogP contribution in [0.25, 0.3) is 0 Å². The highest BCUT2D eigenvalue weighted by Crippen LogP contribution is 2.38. The van der Waals surface area contributed by atoms with Crippen molar-refractivity contribution in [2.45, 2.75) is 184 Å². The summed E-state index contributed by atoms with van der Waals surface area (Å²) in [6.45, 7) is -6.70. The van der Waals surface area contributed by atoms with Crippen LogP contribution in [0.5, 0.6) is 0 Å². The Morgan fingerprint density at radius 1 is 0.246 bits per heavy atom. The maximum Gasteiger partial charge on any atom is 0.187 e. The molecular formula is C38H65NO30. The van der Waals surface area contributed by atoms with Gasteiger partial charge in [0.2, 0.25) is 0 Å². The molecule has 0 aromatic rings. The SMILES string of the molecule is OCCN[C@H]1[C@H]2O[C@H]3[C@H](O)[C@@H](O)[C@@H](O[C@H]4[C@H](O)[C@@H](O)[C@@H](O[C@H]5[C@H](O)[C@@H](O)[C@@H](O[C@H]6[C@H](O)[C@@H](O)[C@@H](O[C@H]7[C@H](O)[C@@H](O)[C@@H](O[C@@H]([C@@H]1O)[C@@H](CO)O2)O[C@@H]7CO)O[C@@H]6CO)O[C@@H]5CO)O[C@@H]4CO)O[C@@H]3CO. The molecule has 0 spiro atoms. The number of ether oxygens (including phenoxy) is 12. The van der Waals surface area contributed by atoms with E-state index in [9.17, 15) is 91.9 Å². The summed E-state index contributed by atoms with van der Waals surface area (Å²) < 4.78 is 69.1. The van der Waals surface area contributed by atoms with Crippen LogP contribution in [0.1, 0.15) is 0 Å². The first kappa shape index (κ1) is 55.5. The lowest BCUT2D eigenvalue weighted by Gasteiger charge is -2.51. The highest BCUT2D eigenvalue weighted by molar-refractivity contribution is 5.02. The maximum atomic E-state index is 11.7. The summed E-state index contributed by atoms with van der Waals surface area (Å²) in [5.74, 6) is 0. The van der Waals surface area contributed by atoms with Crippen molar-refractivity contribution in [3.05, 3.63) is 0 Å². The van der Waals surface area contributed by atoms with Crippen LogP contribution in [0, 0.1) is 0 Å². The summed E-state index contributed by atoms with van der Waals surface area (Å²) in [5.41, 5.74) is 0. The van der Waals surface area contributed by atoms with Gasteiger partial charge >= 0.3 is 0 Å². The van der Waals surface area contributed by atoms with Gasteiger partial charge in [0.1, 0.15) is 140 Å². The second-order valence-electron chi connectivity index (χ2n) is 17.6. The van der Waals surface area contributed by atoms with E-state index in [2.05, 4.69) is 5.32 Å². The van der Waals surface area contributed by atoms with Crippen molar-refractivity contribution in [1.82, 2.24) is 5.32 Å². The topological polar surface area (TPSA) is 487 Å². The predicted molar refractivity (Wildman–Crippen MR) is 209 cm³/mol. The normalized spacial score (nSPS) is 53.5. The zero-order valence-corrected chi connectivity index (χ0v) is 36.4. The molecule has 0 aromatic carbocycles. The Kier molecular flexibility index (Phi) is 19.3. The van der Waals surface area contributed by atoms with Crippen LogP contribution >= 0.6 is 0 Å². The molecule has 12 bridgehead atoms. The number of rotatable bonds is 9. The number of aliphatic hydroxyl groups excluding tert-OH is 18. The largest absolute Gasteiger partial charge is 0.395 e. The molecule has 31 heteroatoms. The summed E-state index contributed by atoms with van der Waals surface area (Å²) in [7, 11) is 0. The summed E-state index contributed by atoms with van der Waals surface area (Å²) in [6, 6.07) is -1.49. The summed E-state index contributed by atoms with van der Waals surface area (Å²) >= 11 is 0. The van der Waals surface area contributed by atoms with Gasteiger partial charge in [0.15, 0.2) is 37.7 Å². The molecule has 0 aliphatic carbocycles. The Morgan fingerprint density at radius 3 is 0.667 bits per heavy atom. The third-order valence-corrected chi connectivity index (χ3v) is 13.2. The monoisotopic (exact) mass is 1020 g/mol. The lowest BCUT2D eigenvalue weighted by atomic mass is 9.94. The van der Waals surface area contributed by atoms with Gasteiger partial charge in [0, 0.05) is 6.54 Å². The van der Waals surface area contributed by atoms with Gasteiger partial charge in [-0.2, -0.15) is 0 Å². The van der Waals surface area contributed by atoms with Crippen LogP contribution in [0.3, 0.4) is 0 Å². The van der Waals surface area contributed by atoms with Crippen LogP contribution in [0.2, 0.25) is 0 Å². The van der Waals surface area contributed by atoms with Gasteiger partial charge in [-0.25, -0.2) is 0 Å². The Labute approximate surface area is 390 Å². The quantitative estimate of drug-likeness (QED) is 0.102. The summed E-state index contributed by atoms with van der Waals surface area (Å²) in [4.78, 5) is 0. The minimum Gasteiger partial charge on any atom is -0.395 e. The molecule has 16 fully saturated rings. The zero-order valence-electron chi connectivity index (χ0n) is 36.4. The molecule has 16 aliphatic rings. The lowest BCUT2D eigenvalue weighted by molar-refractivity contribution is -0.401. The zero-order chi connectivity index (χ0) is 50.2. The Morgan fingerprint density at radius 2 is 0.449 bits per heavy atom. The summed E-state index contributed by atoms with van der Waals surface area (Å²) in [5, 5.41) is 199. The van der Waals surface area contributed by atoms with E-state index in [1.165, 1.54) is 0 Å². The molecule has 19 N–H and O–H groups in total. The smallest absolute Gasteiger partial charge is 0.187 e. The van der Waals surface area contributed by atoms with Crippen LogP contribution in [0.15, 0.2) is 0 Å². The fraction of sp³-hybridized carbons (Fsp3) is 1.00.